The number of aromatic hydroxyl groups is 1. The fourth-order valence-corrected chi connectivity index (χ4v) is 1.47. The van der Waals surface area contributed by atoms with Crippen molar-refractivity contribution in [3.63, 3.8) is 0 Å². The Labute approximate surface area is 171 Å². The molecule has 0 unspecified atom stereocenters. The molecule has 0 fully saturated rings. The summed E-state index contributed by atoms with van der Waals surface area (Å²) in [5.74, 6) is 0.382. The molecule has 0 atom stereocenters. The molecule has 10 nitrogen and oxygen atoms in total. The molecule has 0 bridgehead atoms. The van der Waals surface area contributed by atoms with Crippen LogP contribution in [0.1, 0.15) is 23.1 Å². The van der Waals surface area contributed by atoms with E-state index in [0.29, 0.717) is 18.3 Å². The largest absolute Gasteiger partial charge is 0.507 e. The Balaban J connectivity index is -0.000000347. The second-order valence-corrected chi connectivity index (χ2v) is 11.5. The molecule has 0 aliphatic carbocycles. The molecule has 0 aliphatic rings. The fourth-order valence-electron chi connectivity index (χ4n) is 1.47. The zero-order valence-electron chi connectivity index (χ0n) is 16.1. The molecule has 0 saturated carbocycles. The van der Waals surface area contributed by atoms with Crippen molar-refractivity contribution in [3.05, 3.63) is 28.8 Å². The summed E-state index contributed by atoms with van der Waals surface area (Å²) in [7, 11) is -6.03. The van der Waals surface area contributed by atoms with Crippen molar-refractivity contribution in [2.75, 3.05) is 25.4 Å². The van der Waals surface area contributed by atoms with Gasteiger partial charge in [-0.25, -0.2) is 8.42 Å². The Kier molecular flexibility index (Phi) is 16.0. The van der Waals surface area contributed by atoms with E-state index < -0.39 is 29.3 Å². The van der Waals surface area contributed by atoms with Crippen molar-refractivity contribution >= 4 is 40.0 Å². The number of aliphatic hydroxyl groups excluding tert-OH is 1. The van der Waals surface area contributed by atoms with Gasteiger partial charge < -0.3 is 10.2 Å². The number of aliphatic hydroxyl groups is 1. The molecular weight excluding hydrogens is 460 g/mol. The summed E-state index contributed by atoms with van der Waals surface area (Å²) >= 11 is 0. The van der Waals surface area contributed by atoms with E-state index in [1.807, 2.05) is 26.0 Å². The standard InChI is InChI=1S/C11H16O2.CH3ClO2S.2CH4O3S/c1-8-6-10(4-3-5-12)7-9(2)11(8)13;3*1-5(2,3)4/h6-7,12-13H,3-5H2,1-2H3;1H3;2*1H3,(H,2,3,4). The van der Waals surface area contributed by atoms with Crippen LogP contribution in [0.5, 0.6) is 5.75 Å². The van der Waals surface area contributed by atoms with Gasteiger partial charge in [0.15, 0.2) is 0 Å². The van der Waals surface area contributed by atoms with Crippen LogP contribution in [0.3, 0.4) is 0 Å². The molecule has 0 amide bonds. The van der Waals surface area contributed by atoms with Crippen LogP contribution in [0.2, 0.25) is 0 Å². The SMILES string of the molecule is CS(=O)(=O)Cl.CS(=O)(=O)O.CS(=O)(=O)O.Cc1cc(CCCO)cc(C)c1O. The van der Waals surface area contributed by atoms with Gasteiger partial charge in [0.25, 0.3) is 20.2 Å². The van der Waals surface area contributed by atoms with Gasteiger partial charge in [-0.1, -0.05) is 12.1 Å². The summed E-state index contributed by atoms with van der Waals surface area (Å²) < 4.78 is 70.5. The smallest absolute Gasteiger partial charge is 0.261 e. The van der Waals surface area contributed by atoms with Crippen LogP contribution in [-0.2, 0) is 35.7 Å². The number of phenolic OH excluding ortho intramolecular Hbond substituents is 1. The van der Waals surface area contributed by atoms with Gasteiger partial charge in [0, 0.05) is 17.3 Å². The predicted octanol–water partition coefficient (Wildman–Crippen LogP) is 1.13. The molecule has 168 valence electrons. The number of benzene rings is 1. The zero-order valence-corrected chi connectivity index (χ0v) is 19.3. The van der Waals surface area contributed by atoms with Crippen LogP contribution < -0.4 is 0 Å². The monoisotopic (exact) mass is 486 g/mol. The van der Waals surface area contributed by atoms with Gasteiger partial charge in [-0.2, -0.15) is 16.8 Å². The topological polar surface area (TPSA) is 183 Å². The number of hydrogen-bond donors (Lipinski definition) is 4. The van der Waals surface area contributed by atoms with Crippen LogP contribution in [0.4, 0.5) is 0 Å². The molecular formula is C14H27ClO10S3. The van der Waals surface area contributed by atoms with Crippen molar-refractivity contribution < 1.29 is 44.6 Å². The Bertz CT molecular complexity index is 773. The van der Waals surface area contributed by atoms with E-state index in [2.05, 4.69) is 10.7 Å². The minimum absolute atomic E-state index is 0.221. The quantitative estimate of drug-likeness (QED) is 0.356. The van der Waals surface area contributed by atoms with Gasteiger partial charge in [0.1, 0.15) is 5.75 Å². The summed E-state index contributed by atoms with van der Waals surface area (Å²) in [5, 5.41) is 18.2. The van der Waals surface area contributed by atoms with E-state index >= 15 is 0 Å². The lowest BCUT2D eigenvalue weighted by atomic mass is 10.0. The number of halogens is 1. The van der Waals surface area contributed by atoms with Crippen molar-refractivity contribution in [1.82, 2.24) is 0 Å². The van der Waals surface area contributed by atoms with Crippen molar-refractivity contribution in [2.45, 2.75) is 26.7 Å². The zero-order chi connectivity index (χ0) is 23.3. The van der Waals surface area contributed by atoms with E-state index in [1.54, 1.807) is 0 Å². The highest BCUT2D eigenvalue weighted by Gasteiger charge is 2.02. The first-order valence-corrected chi connectivity index (χ1v) is 13.7. The van der Waals surface area contributed by atoms with E-state index in [-0.39, 0.29) is 6.61 Å². The normalized spacial score (nSPS) is 11.0. The molecule has 1 aromatic rings. The number of hydrogen-bond acceptors (Lipinski definition) is 8. The Hall–Kier alpha value is -0.960. The predicted molar refractivity (Wildman–Crippen MR) is 109 cm³/mol. The molecule has 4 N–H and O–H groups in total. The molecule has 28 heavy (non-hydrogen) atoms. The molecule has 1 rings (SSSR count). The lowest BCUT2D eigenvalue weighted by molar-refractivity contribution is 0.288. The Morgan fingerprint density at radius 1 is 0.857 bits per heavy atom. The highest BCUT2D eigenvalue weighted by molar-refractivity contribution is 8.13. The molecule has 0 aromatic heterocycles. The minimum Gasteiger partial charge on any atom is -0.507 e. The van der Waals surface area contributed by atoms with Crippen LogP contribution in [0.25, 0.3) is 0 Å². The second kappa shape index (κ2) is 14.1. The maximum absolute atomic E-state index is 9.51. The number of phenols is 1. The Morgan fingerprint density at radius 3 is 1.32 bits per heavy atom. The van der Waals surface area contributed by atoms with Gasteiger partial charge in [-0.3, -0.25) is 9.11 Å². The summed E-state index contributed by atoms with van der Waals surface area (Å²) in [5.41, 5.74) is 3.00. The number of rotatable bonds is 3. The van der Waals surface area contributed by atoms with Crippen LogP contribution in [0, 0.1) is 13.8 Å². The van der Waals surface area contributed by atoms with Crippen LogP contribution in [0.15, 0.2) is 12.1 Å². The first-order valence-electron chi connectivity index (χ1n) is 7.29. The van der Waals surface area contributed by atoms with Gasteiger partial charge in [-0.15, -0.1) is 0 Å². The summed E-state index contributed by atoms with van der Waals surface area (Å²) in [6, 6.07) is 3.94. The van der Waals surface area contributed by atoms with E-state index in [1.165, 1.54) is 5.56 Å². The molecule has 14 heteroatoms. The fraction of sp³-hybridized carbons (Fsp3) is 0.571. The summed E-state index contributed by atoms with van der Waals surface area (Å²) in [4.78, 5) is 0. The lowest BCUT2D eigenvalue weighted by Gasteiger charge is -2.06. The first kappa shape index (κ1) is 31.7. The van der Waals surface area contributed by atoms with Crippen molar-refractivity contribution in [2.24, 2.45) is 0 Å². The van der Waals surface area contributed by atoms with Gasteiger partial charge in [0.2, 0.25) is 9.05 Å². The molecule has 0 radical (unpaired) electrons. The third-order valence-corrected chi connectivity index (χ3v) is 2.17. The molecule has 0 heterocycles. The van der Waals surface area contributed by atoms with Crippen LogP contribution in [-0.4, -0.2) is 69.9 Å². The first-order chi connectivity index (χ1) is 12.1. The highest BCUT2D eigenvalue weighted by atomic mass is 35.7. The molecule has 1 aromatic carbocycles. The van der Waals surface area contributed by atoms with E-state index in [9.17, 15) is 30.4 Å². The maximum atomic E-state index is 9.51. The van der Waals surface area contributed by atoms with Crippen LogP contribution >= 0.6 is 10.7 Å². The second-order valence-electron chi connectivity index (χ2n) is 5.55. The lowest BCUT2D eigenvalue weighted by Crippen LogP contribution is -1.92. The highest BCUT2D eigenvalue weighted by Crippen LogP contribution is 2.23. The average Bonchev–Trinajstić information content (AvgIpc) is 2.36. The summed E-state index contributed by atoms with van der Waals surface area (Å²) in [6.07, 6.45) is 4.01. The minimum atomic E-state index is -3.67. The molecule has 0 saturated heterocycles. The van der Waals surface area contributed by atoms with E-state index in [4.69, 9.17) is 14.2 Å². The molecule has 0 spiro atoms. The third-order valence-electron chi connectivity index (χ3n) is 2.17. The van der Waals surface area contributed by atoms with Gasteiger partial charge in [0.05, 0.1) is 18.8 Å². The van der Waals surface area contributed by atoms with Crippen molar-refractivity contribution in [1.29, 1.82) is 0 Å². The average molecular weight is 487 g/mol. The molecule has 0 aliphatic heterocycles. The third kappa shape index (κ3) is 39.9. The number of aryl methyl sites for hydroxylation is 3. The Morgan fingerprint density at radius 2 is 1.11 bits per heavy atom. The van der Waals surface area contributed by atoms with Crippen molar-refractivity contribution in [3.8, 4) is 5.75 Å². The summed E-state index contributed by atoms with van der Waals surface area (Å²) in [6.45, 7) is 4.01. The maximum Gasteiger partial charge on any atom is 0.261 e. The van der Waals surface area contributed by atoms with Gasteiger partial charge in [-0.05, 0) is 43.4 Å². The van der Waals surface area contributed by atoms with Gasteiger partial charge >= 0.3 is 0 Å². The van der Waals surface area contributed by atoms with E-state index in [0.717, 1.165) is 30.2 Å².